The number of rotatable bonds is 0. The van der Waals surface area contributed by atoms with Crippen molar-refractivity contribution in [1.82, 2.24) is 0 Å². The molecule has 4 nitrogen and oxygen atoms in total. The van der Waals surface area contributed by atoms with Crippen LogP contribution in [0.3, 0.4) is 0 Å². The van der Waals surface area contributed by atoms with Crippen LogP contribution in [-0.2, 0) is 27.9 Å². The van der Waals surface area contributed by atoms with Gasteiger partial charge in [-0.2, -0.15) is 0 Å². The SMILES string of the molecule is [LiH].[O]=[Mn](=[O])(=[O])=[O]. The van der Waals surface area contributed by atoms with Crippen LogP contribution in [0.4, 0.5) is 0 Å². The van der Waals surface area contributed by atoms with Crippen molar-refractivity contribution in [2.24, 2.45) is 0 Å². The summed E-state index contributed by atoms with van der Waals surface area (Å²) in [4.78, 5) is 0. The van der Waals surface area contributed by atoms with Crippen molar-refractivity contribution in [3.8, 4) is 0 Å². The molecule has 0 aromatic rings. The summed E-state index contributed by atoms with van der Waals surface area (Å²) in [6.07, 6.45) is 0. The first-order valence-corrected chi connectivity index (χ1v) is 2.54. The van der Waals surface area contributed by atoms with Crippen molar-refractivity contribution in [2.45, 2.75) is 0 Å². The standard InChI is InChI=1S/Li.Mn.4O.H. The molecule has 6 heteroatoms. The number of hydrogen-bond donors (Lipinski definition) is 0. The summed E-state index contributed by atoms with van der Waals surface area (Å²) in [7, 11) is 0. The normalized spacial score (nSPS) is 9.33. The van der Waals surface area contributed by atoms with Crippen LogP contribution >= 0.6 is 0 Å². The molecule has 0 aliphatic rings. The predicted molar refractivity (Wildman–Crippen MR) is 9.89 cm³/mol. The zero-order valence-electron chi connectivity index (χ0n) is 2.01. The molecule has 0 atom stereocenters. The van der Waals surface area contributed by atoms with Gasteiger partial charge >= 0.3 is 46.8 Å². The van der Waals surface area contributed by atoms with E-state index in [1.165, 1.54) is 0 Å². The Bertz CT molecular complexity index is 159. The van der Waals surface area contributed by atoms with Crippen LogP contribution in [0.25, 0.3) is 0 Å². The quantitative estimate of drug-likeness (QED) is 0.386. The molecule has 0 heterocycles. The Balaban J connectivity index is 0. The zero-order valence-corrected chi connectivity index (χ0v) is 3.19. The van der Waals surface area contributed by atoms with E-state index in [0.29, 0.717) is 0 Å². The van der Waals surface area contributed by atoms with Crippen LogP contribution in [0.15, 0.2) is 0 Å². The molecule has 0 unspecified atom stereocenters. The Morgan fingerprint density at radius 3 is 0.833 bits per heavy atom. The summed E-state index contributed by atoms with van der Waals surface area (Å²) in [5.41, 5.74) is 0. The first-order chi connectivity index (χ1) is 2.00. The summed E-state index contributed by atoms with van der Waals surface area (Å²) in [5, 5.41) is 0. The molecule has 0 N–H and O–H groups in total. The van der Waals surface area contributed by atoms with Crippen LogP contribution in [0.1, 0.15) is 0 Å². The summed E-state index contributed by atoms with van der Waals surface area (Å²) >= 11 is -5.62. The second-order valence-electron chi connectivity index (χ2n) is 0.378. The first kappa shape index (κ1) is 9.58. The van der Waals surface area contributed by atoms with Crippen molar-refractivity contribution in [3.05, 3.63) is 0 Å². The Labute approximate surface area is 47.1 Å². The molecule has 0 aromatic carbocycles. The maximum atomic E-state index is 8.58. The molecule has 0 aliphatic carbocycles. The molecule has 0 radical (unpaired) electrons. The summed E-state index contributed by atoms with van der Waals surface area (Å²) in [5.74, 6) is 0. The molecule has 0 amide bonds. The third kappa shape index (κ3) is 473. The molecular formula is HLiMnO4. The third-order valence-electron chi connectivity index (χ3n) is 0. The van der Waals surface area contributed by atoms with E-state index in [9.17, 15) is 0 Å². The van der Waals surface area contributed by atoms with Gasteiger partial charge in [0.25, 0.3) is 0 Å². The van der Waals surface area contributed by atoms with Crippen molar-refractivity contribution in [3.63, 3.8) is 0 Å². The average Bonchev–Trinajstić information content (AvgIpc) is 0.722. The third-order valence-corrected chi connectivity index (χ3v) is 0. The van der Waals surface area contributed by atoms with Gasteiger partial charge in [-0.15, -0.1) is 0 Å². The fourth-order valence-electron chi connectivity index (χ4n) is 0. The molecule has 0 saturated heterocycles. The van der Waals surface area contributed by atoms with E-state index in [4.69, 9.17) is 15.3 Å². The Morgan fingerprint density at radius 1 is 0.833 bits per heavy atom. The minimum absolute atomic E-state index is 0. The van der Waals surface area contributed by atoms with Gasteiger partial charge < -0.3 is 0 Å². The molecule has 0 rings (SSSR count). The van der Waals surface area contributed by atoms with Crippen LogP contribution < -0.4 is 0 Å². The second kappa shape index (κ2) is 2.48. The molecule has 0 saturated carbocycles. The molecular weight excluding hydrogens is 126 g/mol. The molecule has 6 heavy (non-hydrogen) atoms. The van der Waals surface area contributed by atoms with Gasteiger partial charge in [0.05, 0.1) is 0 Å². The molecule has 0 aliphatic heterocycles. The van der Waals surface area contributed by atoms with Crippen LogP contribution in [-0.4, -0.2) is 18.9 Å². The van der Waals surface area contributed by atoms with E-state index in [1.54, 1.807) is 0 Å². The zero-order chi connectivity index (χ0) is 4.50. The number of hydrogen-bond acceptors (Lipinski definition) is 4. The molecule has 0 fully saturated rings. The van der Waals surface area contributed by atoms with E-state index in [1.807, 2.05) is 0 Å². The Morgan fingerprint density at radius 2 is 0.833 bits per heavy atom. The summed E-state index contributed by atoms with van der Waals surface area (Å²) in [6.45, 7) is 0. The van der Waals surface area contributed by atoms with Crippen molar-refractivity contribution >= 4 is 18.9 Å². The first-order valence-electron chi connectivity index (χ1n) is 0.617. The fraction of sp³-hybridized carbons (Fsp3) is 0. The van der Waals surface area contributed by atoms with Crippen LogP contribution in [0, 0.1) is 0 Å². The van der Waals surface area contributed by atoms with Gasteiger partial charge in [-0.05, 0) is 0 Å². The van der Waals surface area contributed by atoms with Gasteiger partial charge in [0.1, 0.15) is 0 Å². The van der Waals surface area contributed by atoms with Gasteiger partial charge in [0, 0.05) is 0 Å². The van der Waals surface area contributed by atoms with Gasteiger partial charge in [-0.1, -0.05) is 0 Å². The van der Waals surface area contributed by atoms with Gasteiger partial charge in [-0.25, -0.2) is 0 Å². The van der Waals surface area contributed by atoms with Gasteiger partial charge in [0.2, 0.25) is 0 Å². The Kier molecular flexibility index (Phi) is 3.97. The van der Waals surface area contributed by atoms with Gasteiger partial charge in [-0.3, -0.25) is 0 Å². The minimum atomic E-state index is -5.62. The topological polar surface area (TPSA) is 68.3 Å². The van der Waals surface area contributed by atoms with Crippen LogP contribution in [0.2, 0.25) is 0 Å². The van der Waals surface area contributed by atoms with Crippen LogP contribution in [0.5, 0.6) is 0 Å². The molecule has 0 aromatic heterocycles. The van der Waals surface area contributed by atoms with E-state index in [-0.39, 0.29) is 18.9 Å². The van der Waals surface area contributed by atoms with Crippen molar-refractivity contribution in [2.75, 3.05) is 0 Å². The summed E-state index contributed by atoms with van der Waals surface area (Å²) in [6, 6.07) is 0. The van der Waals surface area contributed by atoms with E-state index in [2.05, 4.69) is 0 Å². The monoisotopic (exact) mass is 127 g/mol. The molecule has 0 bridgehead atoms. The van der Waals surface area contributed by atoms with Crippen molar-refractivity contribution < 1.29 is 27.9 Å². The average molecular weight is 127 g/mol. The van der Waals surface area contributed by atoms with Crippen molar-refractivity contribution in [1.29, 1.82) is 0 Å². The second-order valence-corrected chi connectivity index (χ2v) is 1.56. The van der Waals surface area contributed by atoms with E-state index >= 15 is 0 Å². The van der Waals surface area contributed by atoms with Gasteiger partial charge in [0.15, 0.2) is 0 Å². The van der Waals surface area contributed by atoms with E-state index in [0.717, 1.165) is 0 Å². The predicted octanol–water partition coefficient (Wildman–Crippen LogP) is -1.13. The molecule has 0 spiro atoms. The van der Waals surface area contributed by atoms with E-state index < -0.39 is 12.6 Å². The maximum absolute atomic E-state index is 8.58. The summed E-state index contributed by atoms with van der Waals surface area (Å²) < 4.78 is 34.3. The molecule has 33 valence electrons. The fourth-order valence-corrected chi connectivity index (χ4v) is 0. The Hall–Kier alpha value is 0.317.